The van der Waals surface area contributed by atoms with Crippen LogP contribution in [-0.2, 0) is 11.2 Å². The molecule has 1 fully saturated rings. The fraction of sp³-hybridized carbons (Fsp3) is 0.500. The second kappa shape index (κ2) is 5.37. The molecule has 18 heavy (non-hydrogen) atoms. The van der Waals surface area contributed by atoms with E-state index in [-0.39, 0.29) is 12.2 Å². The van der Waals surface area contributed by atoms with Gasteiger partial charge in [0, 0.05) is 29.0 Å². The van der Waals surface area contributed by atoms with Crippen LogP contribution in [0.5, 0.6) is 0 Å². The van der Waals surface area contributed by atoms with Gasteiger partial charge in [0.25, 0.3) is 0 Å². The van der Waals surface area contributed by atoms with Crippen LogP contribution < -0.4 is 5.73 Å². The van der Waals surface area contributed by atoms with Gasteiger partial charge in [-0.2, -0.15) is 0 Å². The van der Waals surface area contributed by atoms with Gasteiger partial charge in [0.1, 0.15) is 11.6 Å². The lowest BCUT2D eigenvalue weighted by atomic mass is 9.79. The number of hydrogen-bond donors (Lipinski definition) is 1. The second-order valence-electron chi connectivity index (χ2n) is 4.99. The Kier molecular flexibility index (Phi) is 4.03. The van der Waals surface area contributed by atoms with Crippen molar-refractivity contribution in [1.82, 2.24) is 0 Å². The lowest BCUT2D eigenvalue weighted by molar-refractivity contribution is -0.127. The number of rotatable bonds is 4. The summed E-state index contributed by atoms with van der Waals surface area (Å²) in [6, 6.07) is 4.48. The first kappa shape index (κ1) is 13.5. The molecule has 2 N–H and O–H groups in total. The zero-order valence-electron chi connectivity index (χ0n) is 10.2. The smallest absolute Gasteiger partial charge is 0.144 e. The van der Waals surface area contributed by atoms with Gasteiger partial charge in [-0.3, -0.25) is 4.79 Å². The Balaban J connectivity index is 2.21. The normalized spacial score (nSPS) is 17.9. The molecule has 2 nitrogen and oxygen atoms in total. The lowest BCUT2D eigenvalue weighted by Gasteiger charge is -2.25. The van der Waals surface area contributed by atoms with E-state index in [0.29, 0.717) is 17.1 Å². The summed E-state index contributed by atoms with van der Waals surface area (Å²) in [5, 5.41) is 0.313. The van der Waals surface area contributed by atoms with Gasteiger partial charge < -0.3 is 5.73 Å². The van der Waals surface area contributed by atoms with Crippen molar-refractivity contribution in [3.05, 3.63) is 34.6 Å². The average Bonchev–Trinajstić information content (AvgIpc) is 2.84. The Morgan fingerprint density at radius 1 is 1.39 bits per heavy atom. The fourth-order valence-corrected chi connectivity index (χ4v) is 2.93. The molecular weight excluding hydrogens is 253 g/mol. The third-order valence-corrected chi connectivity index (χ3v) is 4.30. The van der Waals surface area contributed by atoms with E-state index in [1.807, 2.05) is 0 Å². The predicted molar refractivity (Wildman–Crippen MR) is 70.1 cm³/mol. The van der Waals surface area contributed by atoms with Gasteiger partial charge in [-0.25, -0.2) is 4.39 Å². The van der Waals surface area contributed by atoms with Gasteiger partial charge in [0.05, 0.1) is 0 Å². The molecule has 1 aliphatic carbocycles. The molecule has 0 atom stereocenters. The van der Waals surface area contributed by atoms with Crippen molar-refractivity contribution in [1.29, 1.82) is 0 Å². The lowest BCUT2D eigenvalue weighted by Crippen LogP contribution is -2.37. The Bertz CT molecular complexity index is 435. The number of carbonyl (C=O) groups is 1. The summed E-state index contributed by atoms with van der Waals surface area (Å²) in [5.74, 6) is -0.393. The minimum absolute atomic E-state index is 0.0227. The van der Waals surface area contributed by atoms with Crippen molar-refractivity contribution in [3.63, 3.8) is 0 Å². The zero-order valence-corrected chi connectivity index (χ0v) is 11.0. The Labute approximate surface area is 111 Å². The summed E-state index contributed by atoms with van der Waals surface area (Å²) in [6.07, 6.45) is 3.72. The predicted octanol–water partition coefficient (Wildman–Crippen LogP) is 3.11. The second-order valence-corrected chi connectivity index (χ2v) is 5.40. The van der Waals surface area contributed by atoms with E-state index < -0.39 is 11.2 Å². The standard InChI is InChI=1S/C14H17ClFNO/c15-11-4-3-5-12(16)10(11)8-13(18)14(9-17)6-1-2-7-14/h3-5H,1-2,6-9,17H2. The van der Waals surface area contributed by atoms with Crippen LogP contribution in [0.15, 0.2) is 18.2 Å². The molecule has 1 aromatic rings. The highest BCUT2D eigenvalue weighted by molar-refractivity contribution is 6.31. The molecule has 0 radical (unpaired) electrons. The molecule has 0 heterocycles. The molecule has 1 aromatic carbocycles. The summed E-state index contributed by atoms with van der Waals surface area (Å²) < 4.78 is 13.7. The topological polar surface area (TPSA) is 43.1 Å². The highest BCUT2D eigenvalue weighted by Crippen LogP contribution is 2.39. The minimum Gasteiger partial charge on any atom is -0.329 e. The van der Waals surface area contributed by atoms with Gasteiger partial charge in [-0.05, 0) is 25.0 Å². The van der Waals surface area contributed by atoms with Crippen LogP contribution in [0.3, 0.4) is 0 Å². The molecule has 0 bridgehead atoms. The maximum Gasteiger partial charge on any atom is 0.144 e. The van der Waals surface area contributed by atoms with Gasteiger partial charge in [0.2, 0.25) is 0 Å². The van der Waals surface area contributed by atoms with Crippen molar-refractivity contribution >= 4 is 17.4 Å². The summed E-state index contributed by atoms with van der Waals surface area (Å²) in [6.45, 7) is 0.345. The number of carbonyl (C=O) groups excluding carboxylic acids is 1. The molecular formula is C14H17ClFNO. The number of halogens is 2. The molecule has 98 valence electrons. The monoisotopic (exact) mass is 269 g/mol. The van der Waals surface area contributed by atoms with E-state index in [0.717, 1.165) is 25.7 Å². The molecule has 0 amide bonds. The van der Waals surface area contributed by atoms with Crippen molar-refractivity contribution in [2.75, 3.05) is 6.54 Å². The van der Waals surface area contributed by atoms with Gasteiger partial charge in [0.15, 0.2) is 0 Å². The summed E-state index contributed by atoms with van der Waals surface area (Å²) in [4.78, 5) is 12.4. The van der Waals surface area contributed by atoms with Crippen molar-refractivity contribution in [3.8, 4) is 0 Å². The Hall–Kier alpha value is -0.930. The summed E-state index contributed by atoms with van der Waals surface area (Å²) in [7, 11) is 0. The number of nitrogens with two attached hydrogens (primary N) is 1. The average molecular weight is 270 g/mol. The number of Topliss-reactive ketones (excluding diaryl/α,β-unsaturated/α-hetero) is 1. The van der Waals surface area contributed by atoms with Crippen LogP contribution in [0.4, 0.5) is 4.39 Å². The molecule has 0 saturated heterocycles. The first-order chi connectivity index (χ1) is 8.59. The molecule has 0 unspecified atom stereocenters. The van der Waals surface area contributed by atoms with E-state index in [9.17, 15) is 9.18 Å². The van der Waals surface area contributed by atoms with Crippen LogP contribution in [0.2, 0.25) is 5.02 Å². The fourth-order valence-electron chi connectivity index (χ4n) is 2.70. The first-order valence-electron chi connectivity index (χ1n) is 6.25. The van der Waals surface area contributed by atoms with E-state index in [4.69, 9.17) is 17.3 Å². The van der Waals surface area contributed by atoms with Gasteiger partial charge in [-0.15, -0.1) is 0 Å². The van der Waals surface area contributed by atoms with Crippen molar-refractivity contribution in [2.24, 2.45) is 11.1 Å². The van der Waals surface area contributed by atoms with E-state index in [1.165, 1.54) is 6.07 Å². The first-order valence-corrected chi connectivity index (χ1v) is 6.63. The van der Waals surface area contributed by atoms with Crippen LogP contribution in [-0.4, -0.2) is 12.3 Å². The van der Waals surface area contributed by atoms with Crippen LogP contribution in [0.1, 0.15) is 31.2 Å². The quantitative estimate of drug-likeness (QED) is 0.913. The number of benzene rings is 1. The number of ketones is 1. The van der Waals surface area contributed by atoms with E-state index >= 15 is 0 Å². The highest BCUT2D eigenvalue weighted by Gasteiger charge is 2.39. The SMILES string of the molecule is NCC1(C(=O)Cc2c(F)cccc2Cl)CCCC1. The molecule has 0 spiro atoms. The van der Waals surface area contributed by atoms with Crippen molar-refractivity contribution in [2.45, 2.75) is 32.1 Å². The van der Waals surface area contributed by atoms with Crippen LogP contribution in [0, 0.1) is 11.2 Å². The molecule has 0 aromatic heterocycles. The summed E-state index contributed by atoms with van der Waals surface area (Å²) in [5.41, 5.74) is 5.59. The highest BCUT2D eigenvalue weighted by atomic mass is 35.5. The molecule has 1 aliphatic rings. The minimum atomic E-state index is -0.453. The molecule has 4 heteroatoms. The molecule has 2 rings (SSSR count). The molecule has 0 aliphatic heterocycles. The zero-order chi connectivity index (χ0) is 13.2. The molecule has 1 saturated carbocycles. The van der Waals surface area contributed by atoms with Crippen LogP contribution >= 0.6 is 11.6 Å². The number of hydrogen-bond acceptors (Lipinski definition) is 2. The van der Waals surface area contributed by atoms with E-state index in [1.54, 1.807) is 12.1 Å². The third kappa shape index (κ3) is 2.43. The summed E-state index contributed by atoms with van der Waals surface area (Å²) >= 11 is 5.95. The van der Waals surface area contributed by atoms with E-state index in [2.05, 4.69) is 0 Å². The van der Waals surface area contributed by atoms with Crippen molar-refractivity contribution < 1.29 is 9.18 Å². The third-order valence-electron chi connectivity index (χ3n) is 3.94. The Morgan fingerprint density at radius 2 is 2.06 bits per heavy atom. The Morgan fingerprint density at radius 3 is 2.61 bits per heavy atom. The van der Waals surface area contributed by atoms with Gasteiger partial charge >= 0.3 is 0 Å². The van der Waals surface area contributed by atoms with Gasteiger partial charge in [-0.1, -0.05) is 30.5 Å². The van der Waals surface area contributed by atoms with Crippen LogP contribution in [0.25, 0.3) is 0 Å². The maximum absolute atomic E-state index is 13.7. The largest absolute Gasteiger partial charge is 0.329 e. The maximum atomic E-state index is 13.7.